The Bertz CT molecular complexity index is 1070. The lowest BCUT2D eigenvalue weighted by Gasteiger charge is -2.13. The second-order valence-electron chi connectivity index (χ2n) is 7.86. The molecule has 164 valence electrons. The average Bonchev–Trinajstić information content (AvgIpc) is 2.80. The summed E-state index contributed by atoms with van der Waals surface area (Å²) >= 11 is 0. The number of carbonyl (C=O) groups excluding carboxylic acids is 2. The van der Waals surface area contributed by atoms with E-state index in [2.05, 4.69) is 10.6 Å². The number of anilines is 1. The molecule has 3 aromatic carbocycles. The first-order valence-electron chi connectivity index (χ1n) is 10.6. The van der Waals surface area contributed by atoms with Crippen LogP contribution in [-0.2, 0) is 11.2 Å². The molecular formula is C27H29N3O2. The number of rotatable bonds is 8. The van der Waals surface area contributed by atoms with Crippen molar-refractivity contribution in [1.82, 2.24) is 10.6 Å². The second kappa shape index (κ2) is 11.0. The minimum absolute atomic E-state index is 0.209. The van der Waals surface area contributed by atoms with Crippen molar-refractivity contribution < 1.29 is 9.59 Å². The number of benzene rings is 3. The average molecular weight is 428 g/mol. The van der Waals surface area contributed by atoms with Gasteiger partial charge in [0.25, 0.3) is 11.8 Å². The van der Waals surface area contributed by atoms with E-state index >= 15 is 0 Å². The molecular weight excluding hydrogens is 398 g/mol. The SMILES string of the molecule is Cc1ccc(C(=O)N/C(=C\c2ccc(N(C)C)cc2)C(=O)NCCc2ccccc2)cc1. The summed E-state index contributed by atoms with van der Waals surface area (Å²) in [6.07, 6.45) is 2.41. The highest BCUT2D eigenvalue weighted by molar-refractivity contribution is 6.05. The molecule has 0 bridgehead atoms. The van der Waals surface area contributed by atoms with Crippen LogP contribution in [0.5, 0.6) is 0 Å². The van der Waals surface area contributed by atoms with Crippen LogP contribution in [0.1, 0.15) is 27.0 Å². The molecule has 0 unspecified atom stereocenters. The Morgan fingerprint density at radius 3 is 2.16 bits per heavy atom. The first-order chi connectivity index (χ1) is 15.4. The molecule has 32 heavy (non-hydrogen) atoms. The third-order valence-electron chi connectivity index (χ3n) is 5.07. The summed E-state index contributed by atoms with van der Waals surface area (Å²) in [6.45, 7) is 2.44. The molecule has 0 saturated heterocycles. The van der Waals surface area contributed by atoms with Crippen molar-refractivity contribution in [3.05, 3.63) is 107 Å². The summed E-state index contributed by atoms with van der Waals surface area (Å²) < 4.78 is 0. The molecule has 5 heteroatoms. The van der Waals surface area contributed by atoms with Crippen molar-refractivity contribution in [2.24, 2.45) is 0 Å². The quantitative estimate of drug-likeness (QED) is 0.530. The van der Waals surface area contributed by atoms with Crippen LogP contribution in [0.3, 0.4) is 0 Å². The number of amides is 2. The van der Waals surface area contributed by atoms with Gasteiger partial charge < -0.3 is 15.5 Å². The standard InChI is InChI=1S/C27H29N3O2/c1-20-9-13-23(14-10-20)26(31)29-25(19-22-11-15-24(16-12-22)30(2)3)27(32)28-18-17-21-7-5-4-6-8-21/h4-16,19H,17-18H2,1-3H3,(H,28,32)(H,29,31)/b25-19-. The van der Waals surface area contributed by atoms with Gasteiger partial charge in [-0.2, -0.15) is 0 Å². The molecule has 2 N–H and O–H groups in total. The Kier molecular flexibility index (Phi) is 7.81. The van der Waals surface area contributed by atoms with E-state index in [1.165, 1.54) is 0 Å². The van der Waals surface area contributed by atoms with E-state index in [0.717, 1.165) is 22.4 Å². The molecule has 3 aromatic rings. The Balaban J connectivity index is 1.76. The lowest BCUT2D eigenvalue weighted by molar-refractivity contribution is -0.117. The van der Waals surface area contributed by atoms with Gasteiger partial charge in [0.05, 0.1) is 0 Å². The topological polar surface area (TPSA) is 61.4 Å². The van der Waals surface area contributed by atoms with E-state index in [0.29, 0.717) is 18.5 Å². The monoisotopic (exact) mass is 427 g/mol. The van der Waals surface area contributed by atoms with E-state index in [-0.39, 0.29) is 17.5 Å². The zero-order valence-electron chi connectivity index (χ0n) is 18.8. The lowest BCUT2D eigenvalue weighted by atomic mass is 10.1. The number of aryl methyl sites for hydroxylation is 1. The van der Waals surface area contributed by atoms with E-state index in [4.69, 9.17) is 0 Å². The maximum atomic E-state index is 12.9. The molecule has 0 spiro atoms. The fourth-order valence-corrected chi connectivity index (χ4v) is 3.15. The van der Waals surface area contributed by atoms with Gasteiger partial charge in [-0.1, -0.05) is 60.2 Å². The van der Waals surface area contributed by atoms with E-state index in [1.54, 1.807) is 18.2 Å². The van der Waals surface area contributed by atoms with Crippen LogP contribution in [0.15, 0.2) is 84.6 Å². The van der Waals surface area contributed by atoms with Crippen molar-refractivity contribution >= 4 is 23.6 Å². The summed E-state index contributed by atoms with van der Waals surface area (Å²) in [4.78, 5) is 27.7. The molecule has 0 fully saturated rings. The number of hydrogen-bond acceptors (Lipinski definition) is 3. The van der Waals surface area contributed by atoms with Gasteiger partial charge in [-0.05, 0) is 54.8 Å². The summed E-state index contributed by atoms with van der Waals surface area (Å²) in [5.41, 5.74) is 4.80. The van der Waals surface area contributed by atoms with Crippen molar-refractivity contribution in [3.63, 3.8) is 0 Å². The maximum absolute atomic E-state index is 12.9. The molecule has 0 heterocycles. The van der Waals surface area contributed by atoms with E-state index < -0.39 is 0 Å². The van der Waals surface area contributed by atoms with Gasteiger partial charge in [0.1, 0.15) is 5.70 Å². The van der Waals surface area contributed by atoms with E-state index in [1.807, 2.05) is 92.6 Å². The normalized spacial score (nSPS) is 11.0. The Labute approximate surface area is 189 Å². The van der Waals surface area contributed by atoms with Gasteiger partial charge in [-0.25, -0.2) is 0 Å². The maximum Gasteiger partial charge on any atom is 0.267 e. The second-order valence-corrected chi connectivity index (χ2v) is 7.86. The van der Waals surface area contributed by atoms with Crippen molar-refractivity contribution in [3.8, 4) is 0 Å². The third-order valence-corrected chi connectivity index (χ3v) is 5.07. The van der Waals surface area contributed by atoms with Crippen molar-refractivity contribution in [2.45, 2.75) is 13.3 Å². The van der Waals surface area contributed by atoms with Crippen LogP contribution >= 0.6 is 0 Å². The van der Waals surface area contributed by atoms with Crippen LogP contribution in [0.2, 0.25) is 0 Å². The molecule has 0 aliphatic rings. The third kappa shape index (κ3) is 6.57. The number of hydrogen-bond donors (Lipinski definition) is 2. The minimum Gasteiger partial charge on any atom is -0.378 e. The molecule has 0 aromatic heterocycles. The van der Waals surface area contributed by atoms with Crippen molar-refractivity contribution in [1.29, 1.82) is 0 Å². The Morgan fingerprint density at radius 2 is 1.53 bits per heavy atom. The van der Waals surface area contributed by atoms with Crippen LogP contribution in [0.4, 0.5) is 5.69 Å². The fraction of sp³-hybridized carbons (Fsp3) is 0.185. The van der Waals surface area contributed by atoms with Gasteiger partial charge in [0.15, 0.2) is 0 Å². The first-order valence-corrected chi connectivity index (χ1v) is 10.6. The number of nitrogens with one attached hydrogen (secondary N) is 2. The van der Waals surface area contributed by atoms with Gasteiger partial charge in [0.2, 0.25) is 0 Å². The molecule has 2 amide bonds. The molecule has 0 atom stereocenters. The van der Waals surface area contributed by atoms with Crippen LogP contribution in [0.25, 0.3) is 6.08 Å². The summed E-state index contributed by atoms with van der Waals surface area (Å²) in [7, 11) is 3.94. The zero-order chi connectivity index (χ0) is 22.9. The van der Waals surface area contributed by atoms with Gasteiger partial charge >= 0.3 is 0 Å². The zero-order valence-corrected chi connectivity index (χ0v) is 18.8. The minimum atomic E-state index is -0.321. The van der Waals surface area contributed by atoms with Crippen LogP contribution < -0.4 is 15.5 Å². The molecule has 0 radical (unpaired) electrons. The van der Waals surface area contributed by atoms with Gasteiger partial charge in [-0.15, -0.1) is 0 Å². The highest BCUT2D eigenvalue weighted by atomic mass is 16.2. The summed E-state index contributed by atoms with van der Waals surface area (Å²) in [5, 5.41) is 5.70. The van der Waals surface area contributed by atoms with Crippen LogP contribution in [-0.4, -0.2) is 32.5 Å². The lowest BCUT2D eigenvalue weighted by Crippen LogP contribution is -2.35. The van der Waals surface area contributed by atoms with E-state index in [9.17, 15) is 9.59 Å². The molecule has 0 saturated carbocycles. The van der Waals surface area contributed by atoms with Gasteiger partial charge in [-0.3, -0.25) is 9.59 Å². The molecule has 0 aliphatic heterocycles. The molecule has 5 nitrogen and oxygen atoms in total. The predicted molar refractivity (Wildman–Crippen MR) is 131 cm³/mol. The molecule has 0 aliphatic carbocycles. The highest BCUT2D eigenvalue weighted by Crippen LogP contribution is 2.15. The summed E-state index contributed by atoms with van der Waals surface area (Å²) in [5.74, 6) is -0.641. The van der Waals surface area contributed by atoms with Gasteiger partial charge in [0, 0.05) is 31.9 Å². The number of nitrogens with zero attached hydrogens (tertiary/aromatic N) is 1. The van der Waals surface area contributed by atoms with Crippen LogP contribution in [0, 0.1) is 6.92 Å². The molecule has 3 rings (SSSR count). The number of carbonyl (C=O) groups is 2. The first kappa shape index (κ1) is 22.8. The Morgan fingerprint density at radius 1 is 0.875 bits per heavy atom. The largest absolute Gasteiger partial charge is 0.378 e. The highest BCUT2D eigenvalue weighted by Gasteiger charge is 2.14. The Hall–Kier alpha value is -3.86. The smallest absolute Gasteiger partial charge is 0.267 e. The van der Waals surface area contributed by atoms with Crippen molar-refractivity contribution in [2.75, 3.05) is 25.5 Å². The fourth-order valence-electron chi connectivity index (χ4n) is 3.15. The summed E-state index contributed by atoms with van der Waals surface area (Å²) in [6, 6.07) is 25.0. The predicted octanol–water partition coefficient (Wildman–Crippen LogP) is 4.19.